The lowest BCUT2D eigenvalue weighted by Crippen LogP contribution is -2.46. The molecule has 0 radical (unpaired) electrons. The molecule has 0 saturated carbocycles. The van der Waals surface area contributed by atoms with Gasteiger partial charge in [0.1, 0.15) is 0 Å². The number of rotatable bonds is 5. The van der Waals surface area contributed by atoms with Crippen molar-refractivity contribution in [1.82, 2.24) is 5.32 Å². The van der Waals surface area contributed by atoms with Crippen molar-refractivity contribution in [2.75, 3.05) is 11.9 Å². The van der Waals surface area contributed by atoms with E-state index < -0.39 is 6.04 Å². The Balaban J connectivity index is 2.53. The van der Waals surface area contributed by atoms with E-state index in [4.69, 9.17) is 5.73 Å². The van der Waals surface area contributed by atoms with Crippen molar-refractivity contribution in [3.63, 3.8) is 0 Å². The molecule has 1 aromatic carbocycles. The maximum absolute atomic E-state index is 11.8. The highest BCUT2D eigenvalue weighted by Gasteiger charge is 2.17. The first-order valence-corrected chi connectivity index (χ1v) is 7.20. The van der Waals surface area contributed by atoms with Gasteiger partial charge in [-0.05, 0) is 30.5 Å². The molecular formula is C14H20BrN3O2. The molecule has 4 N–H and O–H groups in total. The van der Waals surface area contributed by atoms with E-state index in [1.807, 2.05) is 32.9 Å². The van der Waals surface area contributed by atoms with Crippen molar-refractivity contribution < 1.29 is 9.59 Å². The number of carbonyl (C=O) groups is 2. The molecule has 0 unspecified atom stereocenters. The van der Waals surface area contributed by atoms with Gasteiger partial charge in [0.05, 0.1) is 12.6 Å². The zero-order chi connectivity index (χ0) is 15.3. The van der Waals surface area contributed by atoms with Gasteiger partial charge in [0, 0.05) is 10.2 Å². The highest BCUT2D eigenvalue weighted by atomic mass is 79.9. The average Bonchev–Trinajstić information content (AvgIpc) is 2.40. The zero-order valence-electron chi connectivity index (χ0n) is 11.9. The fourth-order valence-electron chi connectivity index (χ4n) is 1.53. The van der Waals surface area contributed by atoms with Crippen LogP contribution in [0.25, 0.3) is 0 Å². The molecule has 0 aliphatic carbocycles. The lowest BCUT2D eigenvalue weighted by molar-refractivity contribution is -0.125. The quantitative estimate of drug-likeness (QED) is 0.763. The molecule has 20 heavy (non-hydrogen) atoms. The van der Waals surface area contributed by atoms with Gasteiger partial charge in [0.15, 0.2) is 0 Å². The molecule has 5 nitrogen and oxygen atoms in total. The van der Waals surface area contributed by atoms with Crippen LogP contribution in [-0.4, -0.2) is 24.4 Å². The van der Waals surface area contributed by atoms with Gasteiger partial charge in [-0.1, -0.05) is 35.8 Å². The third-order valence-corrected chi connectivity index (χ3v) is 3.85. The normalized spacial score (nSPS) is 12.1. The molecule has 0 aromatic heterocycles. The SMILES string of the molecule is Cc1c(Br)cccc1NC(=O)CNC(=O)[C@@H](N)C(C)C. The summed E-state index contributed by atoms with van der Waals surface area (Å²) in [5.74, 6) is -0.568. The van der Waals surface area contributed by atoms with Crippen molar-refractivity contribution in [3.05, 3.63) is 28.2 Å². The summed E-state index contributed by atoms with van der Waals surface area (Å²) in [4.78, 5) is 23.4. The highest BCUT2D eigenvalue weighted by molar-refractivity contribution is 9.10. The molecule has 2 amide bonds. The largest absolute Gasteiger partial charge is 0.346 e. The van der Waals surface area contributed by atoms with Gasteiger partial charge in [-0.25, -0.2) is 0 Å². The van der Waals surface area contributed by atoms with Crippen LogP contribution >= 0.6 is 15.9 Å². The van der Waals surface area contributed by atoms with Gasteiger partial charge in [-0.2, -0.15) is 0 Å². The van der Waals surface area contributed by atoms with Crippen LogP contribution in [0, 0.1) is 12.8 Å². The van der Waals surface area contributed by atoms with Crippen LogP contribution in [0.2, 0.25) is 0 Å². The molecule has 110 valence electrons. The maximum atomic E-state index is 11.8. The summed E-state index contributed by atoms with van der Waals surface area (Å²) < 4.78 is 0.918. The number of carbonyl (C=O) groups excluding carboxylic acids is 2. The average molecular weight is 342 g/mol. The third-order valence-electron chi connectivity index (χ3n) is 2.99. The summed E-state index contributed by atoms with van der Waals surface area (Å²) in [5.41, 5.74) is 7.34. The number of anilines is 1. The fraction of sp³-hybridized carbons (Fsp3) is 0.429. The van der Waals surface area contributed by atoms with E-state index in [9.17, 15) is 9.59 Å². The number of amides is 2. The predicted octanol–water partition coefficient (Wildman–Crippen LogP) is 1.80. The second-order valence-electron chi connectivity index (χ2n) is 4.95. The second kappa shape index (κ2) is 7.40. The van der Waals surface area contributed by atoms with Gasteiger partial charge >= 0.3 is 0 Å². The molecule has 1 aromatic rings. The van der Waals surface area contributed by atoms with Crippen LogP contribution in [-0.2, 0) is 9.59 Å². The van der Waals surface area contributed by atoms with E-state index in [2.05, 4.69) is 26.6 Å². The Labute approximate surface area is 127 Å². The summed E-state index contributed by atoms with van der Waals surface area (Å²) in [5, 5.41) is 5.28. The van der Waals surface area contributed by atoms with E-state index in [1.165, 1.54) is 0 Å². The van der Waals surface area contributed by atoms with Gasteiger partial charge in [-0.15, -0.1) is 0 Å². The van der Waals surface area contributed by atoms with Gasteiger partial charge in [0.25, 0.3) is 0 Å². The molecule has 0 aliphatic rings. The molecule has 1 atom stereocenters. The molecule has 0 saturated heterocycles. The van der Waals surface area contributed by atoms with Crippen LogP contribution in [0.1, 0.15) is 19.4 Å². The number of nitrogens with one attached hydrogen (secondary N) is 2. The zero-order valence-corrected chi connectivity index (χ0v) is 13.5. The van der Waals surface area contributed by atoms with E-state index >= 15 is 0 Å². The Hall–Kier alpha value is -1.40. The predicted molar refractivity (Wildman–Crippen MR) is 83.3 cm³/mol. The Morgan fingerprint density at radius 3 is 2.60 bits per heavy atom. The lowest BCUT2D eigenvalue weighted by atomic mass is 10.1. The third kappa shape index (κ3) is 4.61. The summed E-state index contributed by atoms with van der Waals surface area (Å²) in [6.07, 6.45) is 0. The molecule has 0 spiro atoms. The summed E-state index contributed by atoms with van der Waals surface area (Å²) in [6.45, 7) is 5.52. The van der Waals surface area contributed by atoms with Crippen LogP contribution in [0.5, 0.6) is 0 Å². The van der Waals surface area contributed by atoms with E-state index in [0.29, 0.717) is 5.69 Å². The Morgan fingerprint density at radius 2 is 2.00 bits per heavy atom. The topological polar surface area (TPSA) is 84.2 Å². The number of hydrogen-bond acceptors (Lipinski definition) is 3. The van der Waals surface area contributed by atoms with Gasteiger partial charge < -0.3 is 16.4 Å². The molecule has 0 fully saturated rings. The minimum Gasteiger partial charge on any atom is -0.346 e. The monoisotopic (exact) mass is 341 g/mol. The Morgan fingerprint density at radius 1 is 1.35 bits per heavy atom. The molecule has 6 heteroatoms. The summed E-state index contributed by atoms with van der Waals surface area (Å²) in [7, 11) is 0. The van der Waals surface area contributed by atoms with Crippen LogP contribution in [0.3, 0.4) is 0 Å². The minimum atomic E-state index is -0.601. The Bertz CT molecular complexity index is 503. The van der Waals surface area contributed by atoms with E-state index in [0.717, 1.165) is 10.0 Å². The molecular weight excluding hydrogens is 322 g/mol. The van der Waals surface area contributed by atoms with Crippen molar-refractivity contribution in [1.29, 1.82) is 0 Å². The highest BCUT2D eigenvalue weighted by Crippen LogP contribution is 2.23. The fourth-order valence-corrected chi connectivity index (χ4v) is 1.89. The van der Waals surface area contributed by atoms with Crippen molar-refractivity contribution >= 4 is 33.4 Å². The van der Waals surface area contributed by atoms with Crippen molar-refractivity contribution in [3.8, 4) is 0 Å². The van der Waals surface area contributed by atoms with E-state index in [-0.39, 0.29) is 24.3 Å². The molecule has 1 rings (SSSR count). The molecule has 0 bridgehead atoms. The Kier molecular flexibility index (Phi) is 6.16. The maximum Gasteiger partial charge on any atom is 0.243 e. The van der Waals surface area contributed by atoms with Crippen LogP contribution in [0.15, 0.2) is 22.7 Å². The van der Waals surface area contributed by atoms with Gasteiger partial charge in [0.2, 0.25) is 11.8 Å². The summed E-state index contributed by atoms with van der Waals surface area (Å²) >= 11 is 3.40. The minimum absolute atomic E-state index is 0.0328. The lowest BCUT2D eigenvalue weighted by Gasteiger charge is -2.15. The van der Waals surface area contributed by atoms with Crippen molar-refractivity contribution in [2.24, 2.45) is 11.7 Å². The second-order valence-corrected chi connectivity index (χ2v) is 5.80. The van der Waals surface area contributed by atoms with Crippen LogP contribution in [0.4, 0.5) is 5.69 Å². The number of nitrogens with two attached hydrogens (primary N) is 1. The van der Waals surface area contributed by atoms with Gasteiger partial charge in [-0.3, -0.25) is 9.59 Å². The standard InChI is InChI=1S/C14H20BrN3O2/c1-8(2)13(16)14(20)17-7-12(19)18-11-6-4-5-10(15)9(11)3/h4-6,8,13H,7,16H2,1-3H3,(H,17,20)(H,18,19)/t13-/m0/s1. The molecule has 0 aliphatic heterocycles. The first-order valence-electron chi connectivity index (χ1n) is 6.41. The number of hydrogen-bond donors (Lipinski definition) is 3. The smallest absolute Gasteiger partial charge is 0.243 e. The first kappa shape index (κ1) is 16.7. The van der Waals surface area contributed by atoms with Crippen LogP contribution < -0.4 is 16.4 Å². The number of halogens is 1. The first-order chi connectivity index (χ1) is 9.32. The molecule has 0 heterocycles. The number of benzene rings is 1. The summed E-state index contributed by atoms with van der Waals surface area (Å²) in [6, 6.07) is 4.93. The van der Waals surface area contributed by atoms with E-state index in [1.54, 1.807) is 6.07 Å². The van der Waals surface area contributed by atoms with Crippen molar-refractivity contribution in [2.45, 2.75) is 26.8 Å².